The average Bonchev–Trinajstić information content (AvgIpc) is 2.96. The molecule has 0 aliphatic carbocycles. The second-order valence-electron chi connectivity index (χ2n) is 5.01. The third kappa shape index (κ3) is 3.73. The number of fused-ring (bicyclic) bond motifs is 1. The smallest absolute Gasteiger partial charge is 0.230 e. The number of thioether (sulfide) groups is 1. The summed E-state index contributed by atoms with van der Waals surface area (Å²) in [5.74, 6) is 0.260. The molecule has 1 N–H and O–H groups in total. The van der Waals surface area contributed by atoms with Gasteiger partial charge in [-0.2, -0.15) is 0 Å². The predicted molar refractivity (Wildman–Crippen MR) is 94.4 cm³/mol. The SMILES string of the molecule is CC(NC(=O)CSc1nnc2ccccn12)c1ccccc1Br. The molecule has 0 aliphatic heterocycles. The largest absolute Gasteiger partial charge is 0.349 e. The zero-order chi connectivity index (χ0) is 16.2. The number of halogens is 1. The van der Waals surface area contributed by atoms with Gasteiger partial charge in [-0.15, -0.1) is 10.2 Å². The van der Waals surface area contributed by atoms with E-state index in [1.807, 2.05) is 60.0 Å². The Morgan fingerprint density at radius 2 is 2.04 bits per heavy atom. The highest BCUT2D eigenvalue weighted by Crippen LogP contribution is 2.23. The standard InChI is InChI=1S/C16H15BrN4OS/c1-11(12-6-2-3-7-13(12)17)18-15(22)10-23-16-20-19-14-8-4-5-9-21(14)16/h2-9,11H,10H2,1H3,(H,18,22). The minimum absolute atomic E-state index is 0.0362. The molecule has 1 unspecified atom stereocenters. The molecule has 0 saturated heterocycles. The van der Waals surface area contributed by atoms with Crippen LogP contribution in [0.15, 0.2) is 58.3 Å². The summed E-state index contributed by atoms with van der Waals surface area (Å²) in [6.45, 7) is 1.97. The molecule has 0 spiro atoms. The number of pyridine rings is 1. The third-order valence-corrected chi connectivity index (χ3v) is 5.03. The van der Waals surface area contributed by atoms with Crippen LogP contribution in [0.3, 0.4) is 0 Å². The fourth-order valence-corrected chi connectivity index (χ4v) is 3.60. The number of carbonyl (C=O) groups is 1. The second-order valence-corrected chi connectivity index (χ2v) is 6.81. The Hall–Kier alpha value is -1.86. The molecule has 3 rings (SSSR count). The number of aromatic nitrogens is 3. The van der Waals surface area contributed by atoms with E-state index in [2.05, 4.69) is 31.4 Å². The van der Waals surface area contributed by atoms with Crippen LogP contribution in [0.2, 0.25) is 0 Å². The van der Waals surface area contributed by atoms with Gasteiger partial charge in [-0.05, 0) is 30.7 Å². The Labute approximate surface area is 146 Å². The quantitative estimate of drug-likeness (QED) is 0.677. The monoisotopic (exact) mass is 390 g/mol. The van der Waals surface area contributed by atoms with Crippen LogP contribution in [-0.4, -0.2) is 26.3 Å². The normalized spacial score (nSPS) is 12.3. The van der Waals surface area contributed by atoms with Crippen molar-refractivity contribution in [3.8, 4) is 0 Å². The molecular formula is C16H15BrN4OS. The minimum atomic E-state index is -0.0613. The molecule has 0 fully saturated rings. The molecule has 0 bridgehead atoms. The number of amides is 1. The van der Waals surface area contributed by atoms with Crippen molar-refractivity contribution in [3.63, 3.8) is 0 Å². The topological polar surface area (TPSA) is 59.3 Å². The van der Waals surface area contributed by atoms with Crippen molar-refractivity contribution in [1.82, 2.24) is 19.9 Å². The Morgan fingerprint density at radius 3 is 2.87 bits per heavy atom. The van der Waals surface area contributed by atoms with Gasteiger partial charge in [-0.25, -0.2) is 0 Å². The van der Waals surface area contributed by atoms with Crippen molar-refractivity contribution in [1.29, 1.82) is 0 Å². The molecule has 1 atom stereocenters. The first-order valence-corrected chi connectivity index (χ1v) is 8.89. The first-order valence-electron chi connectivity index (χ1n) is 7.11. The fraction of sp³-hybridized carbons (Fsp3) is 0.188. The molecular weight excluding hydrogens is 376 g/mol. The molecule has 5 nitrogen and oxygen atoms in total. The van der Waals surface area contributed by atoms with Gasteiger partial charge in [0.15, 0.2) is 10.8 Å². The highest BCUT2D eigenvalue weighted by atomic mass is 79.9. The van der Waals surface area contributed by atoms with Crippen molar-refractivity contribution in [2.24, 2.45) is 0 Å². The molecule has 3 aromatic rings. The maximum absolute atomic E-state index is 12.2. The van der Waals surface area contributed by atoms with Gasteiger partial charge in [-0.3, -0.25) is 9.20 Å². The van der Waals surface area contributed by atoms with E-state index in [4.69, 9.17) is 0 Å². The summed E-state index contributed by atoms with van der Waals surface area (Å²) in [5, 5.41) is 11.9. The lowest BCUT2D eigenvalue weighted by atomic mass is 10.1. The summed E-state index contributed by atoms with van der Waals surface area (Å²) in [7, 11) is 0. The summed E-state index contributed by atoms with van der Waals surface area (Å²) in [6.07, 6.45) is 1.89. The van der Waals surface area contributed by atoms with Crippen LogP contribution in [0.25, 0.3) is 5.65 Å². The Morgan fingerprint density at radius 1 is 1.26 bits per heavy atom. The van der Waals surface area contributed by atoms with Gasteiger partial charge >= 0.3 is 0 Å². The Bertz CT molecular complexity index is 836. The van der Waals surface area contributed by atoms with E-state index in [0.717, 1.165) is 15.7 Å². The van der Waals surface area contributed by atoms with Crippen LogP contribution in [0.5, 0.6) is 0 Å². The van der Waals surface area contributed by atoms with Crippen LogP contribution in [0.1, 0.15) is 18.5 Å². The van der Waals surface area contributed by atoms with Crippen LogP contribution in [0.4, 0.5) is 0 Å². The highest BCUT2D eigenvalue weighted by molar-refractivity contribution is 9.10. The van der Waals surface area contributed by atoms with Crippen LogP contribution >= 0.6 is 27.7 Å². The van der Waals surface area contributed by atoms with Crippen LogP contribution in [0, 0.1) is 0 Å². The number of hydrogen-bond acceptors (Lipinski definition) is 4. The summed E-state index contributed by atoms with van der Waals surface area (Å²) >= 11 is 4.88. The number of nitrogens with one attached hydrogen (secondary N) is 1. The van der Waals surface area contributed by atoms with E-state index in [9.17, 15) is 4.79 Å². The summed E-state index contributed by atoms with van der Waals surface area (Å²) in [4.78, 5) is 12.2. The van der Waals surface area contributed by atoms with Gasteiger partial charge < -0.3 is 5.32 Å². The van der Waals surface area contributed by atoms with Crippen molar-refractivity contribution < 1.29 is 4.79 Å². The van der Waals surface area contributed by atoms with Crippen molar-refractivity contribution in [2.45, 2.75) is 18.1 Å². The van der Waals surface area contributed by atoms with E-state index in [1.54, 1.807) is 0 Å². The van der Waals surface area contributed by atoms with Crippen molar-refractivity contribution >= 4 is 39.2 Å². The number of benzene rings is 1. The first-order chi connectivity index (χ1) is 11.1. The third-order valence-electron chi connectivity index (χ3n) is 3.36. The van der Waals surface area contributed by atoms with Crippen LogP contribution in [-0.2, 0) is 4.79 Å². The molecule has 1 amide bonds. The lowest BCUT2D eigenvalue weighted by Gasteiger charge is -2.15. The van der Waals surface area contributed by atoms with Crippen molar-refractivity contribution in [3.05, 3.63) is 58.7 Å². The zero-order valence-corrected chi connectivity index (χ0v) is 14.8. The molecule has 2 aromatic heterocycles. The summed E-state index contributed by atoms with van der Waals surface area (Å²) in [6, 6.07) is 13.5. The highest BCUT2D eigenvalue weighted by Gasteiger charge is 2.13. The van der Waals surface area contributed by atoms with Gasteiger partial charge in [0.1, 0.15) is 0 Å². The molecule has 2 heterocycles. The van der Waals surface area contributed by atoms with E-state index >= 15 is 0 Å². The lowest BCUT2D eigenvalue weighted by molar-refractivity contribution is -0.119. The summed E-state index contributed by atoms with van der Waals surface area (Å²) in [5.41, 5.74) is 1.83. The van der Waals surface area contributed by atoms with Crippen LogP contribution < -0.4 is 5.32 Å². The van der Waals surface area contributed by atoms with E-state index in [-0.39, 0.29) is 11.9 Å². The van der Waals surface area contributed by atoms with E-state index in [0.29, 0.717) is 10.9 Å². The molecule has 0 aliphatic rings. The zero-order valence-electron chi connectivity index (χ0n) is 12.4. The predicted octanol–water partition coefficient (Wildman–Crippen LogP) is 3.46. The second kappa shape index (κ2) is 7.14. The number of nitrogens with zero attached hydrogens (tertiary/aromatic N) is 3. The summed E-state index contributed by atoms with van der Waals surface area (Å²) < 4.78 is 2.86. The number of hydrogen-bond donors (Lipinski definition) is 1. The maximum Gasteiger partial charge on any atom is 0.230 e. The fourth-order valence-electron chi connectivity index (χ4n) is 2.24. The molecule has 7 heteroatoms. The molecule has 1 aromatic carbocycles. The van der Waals surface area contributed by atoms with Crippen molar-refractivity contribution in [2.75, 3.05) is 5.75 Å². The van der Waals surface area contributed by atoms with Gasteiger partial charge in [0.2, 0.25) is 5.91 Å². The lowest BCUT2D eigenvalue weighted by Crippen LogP contribution is -2.28. The molecule has 23 heavy (non-hydrogen) atoms. The molecule has 0 radical (unpaired) electrons. The molecule has 0 saturated carbocycles. The van der Waals surface area contributed by atoms with E-state index < -0.39 is 0 Å². The van der Waals surface area contributed by atoms with Gasteiger partial charge in [0, 0.05) is 10.7 Å². The van der Waals surface area contributed by atoms with Gasteiger partial charge in [0.25, 0.3) is 0 Å². The Kier molecular flexibility index (Phi) is 4.97. The first kappa shape index (κ1) is 16.0. The minimum Gasteiger partial charge on any atom is -0.349 e. The number of carbonyl (C=O) groups excluding carboxylic acids is 1. The average molecular weight is 391 g/mol. The Balaban J connectivity index is 1.61. The maximum atomic E-state index is 12.2. The van der Waals surface area contributed by atoms with Gasteiger partial charge in [-0.1, -0.05) is 52.0 Å². The van der Waals surface area contributed by atoms with Gasteiger partial charge in [0.05, 0.1) is 11.8 Å². The number of rotatable bonds is 5. The van der Waals surface area contributed by atoms with E-state index in [1.165, 1.54) is 11.8 Å². The molecule has 118 valence electrons.